The molecule has 9 heteroatoms. The standard InChI is InChI=1S/C22H17ClFNO5S/c23-19-11-8-17(22(27)30-14-20(26)16-6-9-18(24)10-7-16)12-21(19)31(28,29)25-13-15-4-2-1-3-5-15/h1-12,25H,13-14H2. The van der Waals surface area contributed by atoms with E-state index in [4.69, 9.17) is 16.3 Å². The lowest BCUT2D eigenvalue weighted by Crippen LogP contribution is -2.24. The molecule has 31 heavy (non-hydrogen) atoms. The molecular weight excluding hydrogens is 445 g/mol. The maximum Gasteiger partial charge on any atom is 0.338 e. The molecule has 0 spiro atoms. The van der Waals surface area contributed by atoms with Crippen LogP contribution in [0.15, 0.2) is 77.7 Å². The largest absolute Gasteiger partial charge is 0.454 e. The van der Waals surface area contributed by atoms with Crippen molar-refractivity contribution in [2.75, 3.05) is 6.61 Å². The first-order valence-electron chi connectivity index (χ1n) is 9.05. The Bertz CT molecular complexity index is 1200. The van der Waals surface area contributed by atoms with Gasteiger partial charge in [0.15, 0.2) is 12.4 Å². The first kappa shape index (κ1) is 22.6. The quantitative estimate of drug-likeness (QED) is 0.404. The lowest BCUT2D eigenvalue weighted by molar-refractivity contribution is 0.0474. The van der Waals surface area contributed by atoms with Crippen molar-refractivity contribution in [2.24, 2.45) is 0 Å². The van der Waals surface area contributed by atoms with Gasteiger partial charge in [0.2, 0.25) is 10.0 Å². The summed E-state index contributed by atoms with van der Waals surface area (Å²) >= 11 is 6.03. The number of Topliss-reactive ketones (excluding diaryl/α,β-unsaturated/α-hetero) is 1. The lowest BCUT2D eigenvalue weighted by Gasteiger charge is -2.10. The highest BCUT2D eigenvalue weighted by Gasteiger charge is 2.21. The third-order valence-electron chi connectivity index (χ3n) is 4.27. The van der Waals surface area contributed by atoms with Crippen molar-refractivity contribution >= 4 is 33.4 Å². The summed E-state index contributed by atoms with van der Waals surface area (Å²) in [5.74, 6) is -1.92. The van der Waals surface area contributed by atoms with E-state index in [1.807, 2.05) is 6.07 Å². The van der Waals surface area contributed by atoms with Gasteiger partial charge < -0.3 is 4.74 Å². The zero-order valence-electron chi connectivity index (χ0n) is 16.0. The molecule has 6 nitrogen and oxygen atoms in total. The van der Waals surface area contributed by atoms with Crippen LogP contribution in [0, 0.1) is 5.82 Å². The molecule has 0 aliphatic heterocycles. The van der Waals surface area contributed by atoms with E-state index in [1.165, 1.54) is 24.3 Å². The normalized spacial score (nSPS) is 11.2. The molecule has 0 bridgehead atoms. The molecule has 0 aliphatic carbocycles. The number of carbonyl (C=O) groups is 2. The molecule has 0 fully saturated rings. The molecule has 0 saturated carbocycles. The van der Waals surface area contributed by atoms with Gasteiger partial charge in [0.1, 0.15) is 10.7 Å². The second kappa shape index (κ2) is 9.82. The van der Waals surface area contributed by atoms with Crippen LogP contribution in [0.4, 0.5) is 4.39 Å². The van der Waals surface area contributed by atoms with Crippen molar-refractivity contribution in [3.63, 3.8) is 0 Å². The predicted molar refractivity (Wildman–Crippen MR) is 113 cm³/mol. The number of nitrogens with one attached hydrogen (secondary N) is 1. The monoisotopic (exact) mass is 461 g/mol. The maximum atomic E-state index is 12.9. The molecule has 0 atom stereocenters. The van der Waals surface area contributed by atoms with Crippen molar-refractivity contribution in [3.05, 3.63) is 100 Å². The fraction of sp³-hybridized carbons (Fsp3) is 0.0909. The van der Waals surface area contributed by atoms with Crippen molar-refractivity contribution in [1.82, 2.24) is 4.72 Å². The summed E-state index contributed by atoms with van der Waals surface area (Å²) in [6, 6.07) is 17.3. The second-order valence-corrected chi connectivity index (χ2v) is 8.60. The first-order valence-corrected chi connectivity index (χ1v) is 10.9. The molecule has 0 radical (unpaired) electrons. The molecule has 0 aromatic heterocycles. The molecule has 0 aliphatic rings. The molecule has 3 aromatic rings. The summed E-state index contributed by atoms with van der Waals surface area (Å²) in [5.41, 5.74) is 0.840. The molecule has 0 heterocycles. The Labute approximate surface area is 183 Å². The smallest absolute Gasteiger partial charge is 0.338 e. The average molecular weight is 462 g/mol. The van der Waals surface area contributed by atoms with Crippen LogP contribution in [0.25, 0.3) is 0 Å². The van der Waals surface area contributed by atoms with Gasteiger partial charge in [-0.05, 0) is 48.0 Å². The first-order chi connectivity index (χ1) is 14.8. The van der Waals surface area contributed by atoms with Crippen LogP contribution in [0.1, 0.15) is 26.3 Å². The Morgan fingerprint density at radius 3 is 2.26 bits per heavy atom. The molecule has 160 valence electrons. The van der Waals surface area contributed by atoms with E-state index in [0.29, 0.717) is 0 Å². The van der Waals surface area contributed by atoms with E-state index in [0.717, 1.165) is 23.8 Å². The average Bonchev–Trinajstić information content (AvgIpc) is 2.77. The number of halogens is 2. The minimum Gasteiger partial charge on any atom is -0.454 e. The number of ketones is 1. The second-order valence-electron chi connectivity index (χ2n) is 6.46. The van der Waals surface area contributed by atoms with Crippen molar-refractivity contribution in [2.45, 2.75) is 11.4 Å². The zero-order valence-corrected chi connectivity index (χ0v) is 17.6. The topological polar surface area (TPSA) is 89.5 Å². The Kier molecular flexibility index (Phi) is 7.17. The van der Waals surface area contributed by atoms with E-state index in [-0.39, 0.29) is 27.6 Å². The minimum absolute atomic E-state index is 0.0420. The highest BCUT2D eigenvalue weighted by Crippen LogP contribution is 2.23. The fourth-order valence-corrected chi connectivity index (χ4v) is 4.16. The number of sulfonamides is 1. The third-order valence-corrected chi connectivity index (χ3v) is 6.15. The van der Waals surface area contributed by atoms with Gasteiger partial charge in [-0.2, -0.15) is 0 Å². The van der Waals surface area contributed by atoms with Crippen molar-refractivity contribution in [3.8, 4) is 0 Å². The van der Waals surface area contributed by atoms with E-state index in [2.05, 4.69) is 4.72 Å². The van der Waals surface area contributed by atoms with Gasteiger partial charge in [0.25, 0.3) is 0 Å². The Morgan fingerprint density at radius 2 is 1.58 bits per heavy atom. The summed E-state index contributed by atoms with van der Waals surface area (Å²) in [6.45, 7) is -0.540. The number of benzene rings is 3. The summed E-state index contributed by atoms with van der Waals surface area (Å²) in [5, 5.41) is -0.0699. The van der Waals surface area contributed by atoms with Crippen LogP contribution in [-0.2, 0) is 21.3 Å². The Morgan fingerprint density at radius 1 is 0.935 bits per heavy atom. The van der Waals surface area contributed by atoms with E-state index < -0.39 is 34.2 Å². The molecule has 0 unspecified atom stereocenters. The molecule has 0 amide bonds. The molecule has 3 rings (SSSR count). The van der Waals surface area contributed by atoms with Crippen LogP contribution in [0.5, 0.6) is 0 Å². The van der Waals surface area contributed by atoms with Crippen LogP contribution in [0.2, 0.25) is 5.02 Å². The fourth-order valence-electron chi connectivity index (χ4n) is 2.62. The predicted octanol–water partition coefficient (Wildman–Crippen LogP) is 4.00. The van der Waals surface area contributed by atoms with Crippen LogP contribution >= 0.6 is 11.6 Å². The van der Waals surface area contributed by atoms with E-state index in [9.17, 15) is 22.4 Å². The summed E-state index contributed by atoms with van der Waals surface area (Å²) in [6.07, 6.45) is 0. The molecule has 3 aromatic carbocycles. The highest BCUT2D eigenvalue weighted by molar-refractivity contribution is 7.89. The van der Waals surface area contributed by atoms with Gasteiger partial charge in [0, 0.05) is 12.1 Å². The van der Waals surface area contributed by atoms with Gasteiger partial charge in [-0.25, -0.2) is 22.3 Å². The highest BCUT2D eigenvalue weighted by atomic mass is 35.5. The molecule has 1 N–H and O–H groups in total. The lowest BCUT2D eigenvalue weighted by atomic mass is 10.1. The maximum absolute atomic E-state index is 12.9. The molecular formula is C22H17ClFNO5S. The number of rotatable bonds is 8. The van der Waals surface area contributed by atoms with E-state index >= 15 is 0 Å². The third kappa shape index (κ3) is 5.97. The van der Waals surface area contributed by atoms with Crippen LogP contribution in [-0.4, -0.2) is 26.8 Å². The van der Waals surface area contributed by atoms with E-state index in [1.54, 1.807) is 24.3 Å². The Hall–Kier alpha value is -3.07. The van der Waals surface area contributed by atoms with Crippen molar-refractivity contribution < 1.29 is 27.1 Å². The zero-order chi connectivity index (χ0) is 22.4. The number of hydrogen-bond donors (Lipinski definition) is 1. The number of carbonyl (C=O) groups excluding carboxylic acids is 2. The minimum atomic E-state index is -4.02. The number of hydrogen-bond acceptors (Lipinski definition) is 5. The summed E-state index contributed by atoms with van der Waals surface area (Å²) in [4.78, 5) is 24.1. The van der Waals surface area contributed by atoms with Gasteiger partial charge in [-0.1, -0.05) is 41.9 Å². The van der Waals surface area contributed by atoms with Crippen LogP contribution < -0.4 is 4.72 Å². The number of esters is 1. The van der Waals surface area contributed by atoms with Gasteiger partial charge in [0.05, 0.1) is 10.6 Å². The summed E-state index contributed by atoms with van der Waals surface area (Å²) < 4.78 is 45.6. The van der Waals surface area contributed by atoms with Crippen LogP contribution in [0.3, 0.4) is 0 Å². The van der Waals surface area contributed by atoms with Crippen molar-refractivity contribution in [1.29, 1.82) is 0 Å². The van der Waals surface area contributed by atoms with Gasteiger partial charge in [-0.3, -0.25) is 4.79 Å². The SMILES string of the molecule is O=C(COC(=O)c1ccc(Cl)c(S(=O)(=O)NCc2ccccc2)c1)c1ccc(F)cc1. The Balaban J connectivity index is 1.69. The van der Waals surface area contributed by atoms with Gasteiger partial charge in [-0.15, -0.1) is 0 Å². The summed E-state index contributed by atoms with van der Waals surface area (Å²) in [7, 11) is -4.02. The molecule has 0 saturated heterocycles. The number of ether oxygens (including phenoxy) is 1. The van der Waals surface area contributed by atoms with Gasteiger partial charge >= 0.3 is 5.97 Å².